The third kappa shape index (κ3) is 6.37. The minimum atomic E-state index is 0.859. The second kappa shape index (κ2) is 14.8. The predicted molar refractivity (Wildman–Crippen MR) is 269 cm³/mol. The van der Waals surface area contributed by atoms with Crippen molar-refractivity contribution >= 4 is 75.4 Å². The molecule has 64 heavy (non-hydrogen) atoms. The minimum absolute atomic E-state index is 0.859. The summed E-state index contributed by atoms with van der Waals surface area (Å²) < 4.78 is 12.0. The first-order valence-corrected chi connectivity index (χ1v) is 21.7. The standard InChI is InChI=1S/C60H42N2O2/c1-35-7-5-9-57(61-35)44-19-21-51-53-29-42-17-15-40(25-47(42)27-49(53)33-59(63-3)55(51)31-44)38-13-11-37-12-14-39(24-46(37)23-38)41-16-18-43-30-54-50(28-48(43)26-41)34-60(64-4)56-32-45(20-22-52(54)56)58-10-6-8-36(2)62-58/h5-34H,1-4H3. The smallest absolute Gasteiger partial charge is 0.127 e. The predicted octanol–water partition coefficient (Wildman–Crippen LogP) is 15.9. The van der Waals surface area contributed by atoms with E-state index in [1.165, 1.54) is 76.1 Å². The number of pyridine rings is 2. The second-order valence-electron chi connectivity index (χ2n) is 17.1. The number of aryl methyl sites for hydroxylation is 2. The fourth-order valence-corrected chi connectivity index (χ4v) is 9.77. The zero-order valence-corrected chi connectivity index (χ0v) is 36.0. The molecule has 10 aromatic carbocycles. The molecule has 4 nitrogen and oxygen atoms in total. The van der Waals surface area contributed by atoms with Gasteiger partial charge in [-0.1, -0.05) is 84.9 Å². The summed E-state index contributed by atoms with van der Waals surface area (Å²) in [6.45, 7) is 4.05. The Labute approximate surface area is 371 Å². The van der Waals surface area contributed by atoms with Crippen LogP contribution >= 0.6 is 0 Å². The van der Waals surface area contributed by atoms with Gasteiger partial charge in [0.2, 0.25) is 0 Å². The molecule has 0 saturated carbocycles. The summed E-state index contributed by atoms with van der Waals surface area (Å²) in [7, 11) is 3.51. The van der Waals surface area contributed by atoms with E-state index >= 15 is 0 Å². The number of nitrogens with zero attached hydrogens (tertiary/aromatic N) is 2. The third-order valence-electron chi connectivity index (χ3n) is 13.1. The molecule has 12 rings (SSSR count). The van der Waals surface area contributed by atoms with E-state index < -0.39 is 0 Å². The lowest BCUT2D eigenvalue weighted by atomic mass is 9.93. The van der Waals surface area contributed by atoms with Crippen LogP contribution in [0.4, 0.5) is 0 Å². The van der Waals surface area contributed by atoms with E-state index in [9.17, 15) is 0 Å². The van der Waals surface area contributed by atoms with Gasteiger partial charge in [-0.25, -0.2) is 0 Å². The molecule has 0 aliphatic heterocycles. The van der Waals surface area contributed by atoms with Gasteiger partial charge in [-0.15, -0.1) is 0 Å². The largest absolute Gasteiger partial charge is 0.496 e. The molecule has 0 amide bonds. The zero-order valence-electron chi connectivity index (χ0n) is 36.0. The molecule has 0 fully saturated rings. The monoisotopic (exact) mass is 822 g/mol. The van der Waals surface area contributed by atoms with Crippen molar-refractivity contribution in [2.75, 3.05) is 14.2 Å². The molecule has 0 spiro atoms. The number of aromatic nitrogens is 2. The Morgan fingerprint density at radius 1 is 0.281 bits per heavy atom. The maximum atomic E-state index is 5.99. The molecule has 0 unspecified atom stereocenters. The molecule has 0 aliphatic rings. The van der Waals surface area contributed by atoms with Crippen LogP contribution in [0.25, 0.3) is 120 Å². The Hall–Kier alpha value is -8.08. The molecular weight excluding hydrogens is 781 g/mol. The minimum Gasteiger partial charge on any atom is -0.496 e. The van der Waals surface area contributed by atoms with Crippen LogP contribution in [-0.2, 0) is 0 Å². The second-order valence-corrected chi connectivity index (χ2v) is 17.1. The average Bonchev–Trinajstić information content (AvgIpc) is 3.33. The summed E-state index contributed by atoms with van der Waals surface area (Å²) >= 11 is 0. The molecule has 0 atom stereocenters. The highest BCUT2D eigenvalue weighted by Gasteiger charge is 2.14. The molecule has 304 valence electrons. The van der Waals surface area contributed by atoms with Crippen LogP contribution in [-0.4, -0.2) is 24.2 Å². The van der Waals surface area contributed by atoms with Crippen LogP contribution in [0.15, 0.2) is 182 Å². The number of rotatable bonds is 6. The SMILES string of the molecule is COc1cc2cc3cc(-c4ccc5ccc(-c6ccc7cc8c(cc(OC)c9cc(-c%10cccc(C)n%10)ccc98)cc7c6)cc5c4)ccc3cc2c2ccc(-c3cccc(C)n3)cc12. The van der Waals surface area contributed by atoms with E-state index in [2.05, 4.69) is 170 Å². The summed E-state index contributed by atoms with van der Waals surface area (Å²) in [6, 6.07) is 66.3. The Morgan fingerprint density at radius 3 is 1.08 bits per heavy atom. The van der Waals surface area contributed by atoms with Gasteiger partial charge in [0.1, 0.15) is 11.5 Å². The van der Waals surface area contributed by atoms with E-state index in [1.54, 1.807) is 14.2 Å². The summed E-state index contributed by atoms with van der Waals surface area (Å²) in [6.07, 6.45) is 0. The Morgan fingerprint density at radius 2 is 0.672 bits per heavy atom. The number of ether oxygens (including phenoxy) is 2. The maximum Gasteiger partial charge on any atom is 0.127 e. The van der Waals surface area contributed by atoms with E-state index in [4.69, 9.17) is 19.4 Å². The maximum absolute atomic E-state index is 5.99. The molecule has 12 aromatic rings. The van der Waals surface area contributed by atoms with Crippen LogP contribution in [0.5, 0.6) is 11.5 Å². The lowest BCUT2D eigenvalue weighted by Crippen LogP contribution is -1.90. The summed E-state index contributed by atoms with van der Waals surface area (Å²) in [5.74, 6) is 1.72. The molecular formula is C60H42N2O2. The van der Waals surface area contributed by atoms with Gasteiger partial charge in [-0.2, -0.15) is 0 Å². The average molecular weight is 823 g/mol. The number of fused-ring (bicyclic) bond motifs is 9. The molecule has 0 aliphatic carbocycles. The first-order chi connectivity index (χ1) is 31.3. The summed E-state index contributed by atoms with van der Waals surface area (Å²) in [5, 5.41) is 16.4. The topological polar surface area (TPSA) is 44.2 Å². The zero-order chi connectivity index (χ0) is 43.1. The van der Waals surface area contributed by atoms with Crippen LogP contribution in [0.1, 0.15) is 11.4 Å². The van der Waals surface area contributed by atoms with E-state index in [0.717, 1.165) is 66.9 Å². The van der Waals surface area contributed by atoms with Gasteiger partial charge >= 0.3 is 0 Å². The van der Waals surface area contributed by atoms with Crippen molar-refractivity contribution in [3.05, 3.63) is 193 Å². The van der Waals surface area contributed by atoms with Crippen molar-refractivity contribution in [3.63, 3.8) is 0 Å². The van der Waals surface area contributed by atoms with Gasteiger partial charge in [0.25, 0.3) is 0 Å². The van der Waals surface area contributed by atoms with Gasteiger partial charge in [0, 0.05) is 33.3 Å². The van der Waals surface area contributed by atoms with Gasteiger partial charge in [0.05, 0.1) is 25.6 Å². The summed E-state index contributed by atoms with van der Waals surface area (Å²) in [5.41, 5.74) is 10.8. The van der Waals surface area contributed by atoms with E-state index in [-0.39, 0.29) is 0 Å². The number of benzene rings is 10. The van der Waals surface area contributed by atoms with Crippen LogP contribution in [0.2, 0.25) is 0 Å². The number of methoxy groups -OCH3 is 2. The van der Waals surface area contributed by atoms with Gasteiger partial charge in [0.15, 0.2) is 0 Å². The van der Waals surface area contributed by atoms with E-state index in [0.29, 0.717) is 0 Å². The van der Waals surface area contributed by atoms with Gasteiger partial charge in [-0.3, -0.25) is 9.97 Å². The fraction of sp³-hybridized carbons (Fsp3) is 0.0667. The quantitative estimate of drug-likeness (QED) is 0.124. The lowest BCUT2D eigenvalue weighted by molar-refractivity contribution is 0.420. The first kappa shape index (κ1) is 37.7. The number of hydrogen-bond acceptors (Lipinski definition) is 4. The Kier molecular flexibility index (Phi) is 8.70. The van der Waals surface area contributed by atoms with Crippen molar-refractivity contribution in [1.82, 2.24) is 9.97 Å². The Bertz CT molecular complexity index is 3660. The highest BCUT2D eigenvalue weighted by molar-refractivity contribution is 6.16. The molecule has 0 bridgehead atoms. The van der Waals surface area contributed by atoms with Crippen molar-refractivity contribution in [2.24, 2.45) is 0 Å². The van der Waals surface area contributed by atoms with Crippen LogP contribution in [0.3, 0.4) is 0 Å². The van der Waals surface area contributed by atoms with Crippen molar-refractivity contribution in [1.29, 1.82) is 0 Å². The summed E-state index contributed by atoms with van der Waals surface area (Å²) in [4.78, 5) is 9.54. The van der Waals surface area contributed by atoms with Gasteiger partial charge < -0.3 is 9.47 Å². The molecule has 2 heterocycles. The lowest BCUT2D eigenvalue weighted by Gasteiger charge is -2.13. The molecule has 2 aromatic heterocycles. The normalized spacial score (nSPS) is 11.8. The molecule has 0 radical (unpaired) electrons. The van der Waals surface area contributed by atoms with Crippen molar-refractivity contribution in [3.8, 4) is 56.3 Å². The van der Waals surface area contributed by atoms with Crippen molar-refractivity contribution < 1.29 is 9.47 Å². The van der Waals surface area contributed by atoms with Gasteiger partial charge in [-0.05, 0) is 198 Å². The van der Waals surface area contributed by atoms with Crippen LogP contribution in [0, 0.1) is 13.8 Å². The van der Waals surface area contributed by atoms with Crippen LogP contribution < -0.4 is 9.47 Å². The third-order valence-corrected chi connectivity index (χ3v) is 13.1. The fourth-order valence-electron chi connectivity index (χ4n) is 9.77. The molecule has 4 heteroatoms. The van der Waals surface area contributed by atoms with Crippen molar-refractivity contribution in [2.45, 2.75) is 13.8 Å². The van der Waals surface area contributed by atoms with E-state index in [1.807, 2.05) is 26.0 Å². The molecule has 0 saturated heterocycles. The highest BCUT2D eigenvalue weighted by atomic mass is 16.5. The Balaban J connectivity index is 0.887. The molecule has 0 N–H and O–H groups in total. The first-order valence-electron chi connectivity index (χ1n) is 21.7. The highest BCUT2D eigenvalue weighted by Crippen LogP contribution is 2.41. The number of hydrogen-bond donors (Lipinski definition) is 0.